The molecule has 1 aromatic rings. The van der Waals surface area contributed by atoms with Gasteiger partial charge in [-0.3, -0.25) is 0 Å². The number of hydrogen-bond donors (Lipinski definition) is 1. The van der Waals surface area contributed by atoms with Gasteiger partial charge in [0.2, 0.25) is 0 Å². The number of ether oxygens (including phenoxy) is 1. The first-order valence-electron chi connectivity index (χ1n) is 4.75. The Morgan fingerprint density at radius 1 is 1.36 bits per heavy atom. The summed E-state index contributed by atoms with van der Waals surface area (Å²) in [5.41, 5.74) is 7.99. The van der Waals surface area contributed by atoms with Crippen molar-refractivity contribution in [1.82, 2.24) is 0 Å². The van der Waals surface area contributed by atoms with Crippen LogP contribution in [0.25, 0.3) is 0 Å². The largest absolute Gasteiger partial charge is 0.497 e. The van der Waals surface area contributed by atoms with Crippen LogP contribution >= 0.6 is 0 Å². The lowest BCUT2D eigenvalue weighted by Gasteiger charge is -2.01. The maximum Gasteiger partial charge on any atom is 0.118 e. The van der Waals surface area contributed by atoms with Crippen molar-refractivity contribution in [2.75, 3.05) is 13.7 Å². The van der Waals surface area contributed by atoms with Gasteiger partial charge in [-0.1, -0.05) is 23.8 Å². The van der Waals surface area contributed by atoms with Crippen molar-refractivity contribution in [1.29, 1.82) is 0 Å². The molecule has 0 heterocycles. The van der Waals surface area contributed by atoms with Crippen LogP contribution in [0.4, 0.5) is 0 Å². The molecule has 1 aromatic carbocycles. The first-order chi connectivity index (χ1) is 6.76. The predicted octanol–water partition coefficient (Wildman–Crippen LogP) is 2.14. The maximum atomic E-state index is 5.49. The van der Waals surface area contributed by atoms with E-state index in [2.05, 4.69) is 18.2 Å². The number of nitrogens with two attached hydrogens (primary N) is 1. The topological polar surface area (TPSA) is 35.2 Å². The molecule has 0 unspecified atom stereocenters. The van der Waals surface area contributed by atoms with Crippen LogP contribution in [0.5, 0.6) is 5.75 Å². The highest BCUT2D eigenvalue weighted by Gasteiger charge is 1.92. The predicted molar refractivity (Wildman–Crippen MR) is 59.5 cm³/mol. The molecule has 0 amide bonds. The number of rotatable bonds is 4. The minimum absolute atomic E-state index is 0.635. The van der Waals surface area contributed by atoms with Gasteiger partial charge in [-0.05, 0) is 31.0 Å². The van der Waals surface area contributed by atoms with E-state index in [1.165, 1.54) is 11.1 Å². The zero-order valence-electron chi connectivity index (χ0n) is 8.79. The Labute approximate surface area is 85.4 Å². The van der Waals surface area contributed by atoms with Gasteiger partial charge in [-0.2, -0.15) is 0 Å². The van der Waals surface area contributed by atoms with Gasteiger partial charge in [0, 0.05) is 6.54 Å². The first kappa shape index (κ1) is 10.8. The molecule has 0 aliphatic rings. The summed E-state index contributed by atoms with van der Waals surface area (Å²) in [6.45, 7) is 2.68. The second-order valence-electron chi connectivity index (χ2n) is 3.31. The molecule has 0 atom stereocenters. The van der Waals surface area contributed by atoms with Gasteiger partial charge in [0.1, 0.15) is 5.75 Å². The van der Waals surface area contributed by atoms with Crippen LogP contribution in [0, 0.1) is 0 Å². The number of methoxy groups -OCH3 is 1. The minimum Gasteiger partial charge on any atom is -0.497 e. The van der Waals surface area contributed by atoms with E-state index in [0.29, 0.717) is 6.54 Å². The summed E-state index contributed by atoms with van der Waals surface area (Å²) in [6, 6.07) is 8.08. The summed E-state index contributed by atoms with van der Waals surface area (Å²) in [7, 11) is 1.67. The van der Waals surface area contributed by atoms with Crippen molar-refractivity contribution in [3.63, 3.8) is 0 Å². The summed E-state index contributed by atoms with van der Waals surface area (Å²) in [5, 5.41) is 0. The van der Waals surface area contributed by atoms with Gasteiger partial charge in [0.05, 0.1) is 7.11 Å². The first-order valence-corrected chi connectivity index (χ1v) is 4.75. The molecule has 0 aromatic heterocycles. The monoisotopic (exact) mass is 191 g/mol. The van der Waals surface area contributed by atoms with Gasteiger partial charge in [-0.25, -0.2) is 0 Å². The second-order valence-corrected chi connectivity index (χ2v) is 3.31. The van der Waals surface area contributed by atoms with E-state index < -0.39 is 0 Å². The molecule has 0 fully saturated rings. The third kappa shape index (κ3) is 3.23. The Balaban J connectivity index is 2.60. The van der Waals surface area contributed by atoms with Gasteiger partial charge in [0.25, 0.3) is 0 Å². The molecule has 0 radical (unpaired) electrons. The number of hydrogen-bond acceptors (Lipinski definition) is 2. The summed E-state index contributed by atoms with van der Waals surface area (Å²) >= 11 is 0. The van der Waals surface area contributed by atoms with Crippen LogP contribution in [0.15, 0.2) is 35.9 Å². The van der Waals surface area contributed by atoms with Crippen molar-refractivity contribution >= 4 is 0 Å². The molecule has 2 nitrogen and oxygen atoms in total. The number of benzene rings is 1. The molecule has 0 saturated heterocycles. The van der Waals surface area contributed by atoms with Gasteiger partial charge in [-0.15, -0.1) is 0 Å². The van der Waals surface area contributed by atoms with E-state index in [1.807, 2.05) is 19.1 Å². The minimum atomic E-state index is 0.635. The zero-order valence-corrected chi connectivity index (χ0v) is 8.79. The average molecular weight is 191 g/mol. The summed E-state index contributed by atoms with van der Waals surface area (Å²) in [4.78, 5) is 0. The quantitative estimate of drug-likeness (QED) is 0.740. The molecular formula is C12H17NO. The van der Waals surface area contributed by atoms with Crippen molar-refractivity contribution in [2.45, 2.75) is 13.3 Å². The lowest BCUT2D eigenvalue weighted by atomic mass is 10.1. The van der Waals surface area contributed by atoms with Crippen molar-refractivity contribution in [2.24, 2.45) is 5.73 Å². The van der Waals surface area contributed by atoms with Crippen molar-refractivity contribution in [3.05, 3.63) is 41.5 Å². The van der Waals surface area contributed by atoms with Crippen LogP contribution < -0.4 is 10.5 Å². The maximum absolute atomic E-state index is 5.49. The van der Waals surface area contributed by atoms with E-state index in [9.17, 15) is 0 Å². The molecule has 0 aliphatic heterocycles. The van der Waals surface area contributed by atoms with E-state index in [-0.39, 0.29) is 0 Å². The standard InChI is InChI=1S/C12H17NO/c1-10(9-13)3-4-11-5-7-12(14-2)8-6-11/h3,5-8H,4,9,13H2,1-2H3. The lowest BCUT2D eigenvalue weighted by Crippen LogP contribution is -2.00. The van der Waals surface area contributed by atoms with Crippen LogP contribution in [-0.2, 0) is 6.42 Å². The molecule has 76 valence electrons. The zero-order chi connectivity index (χ0) is 10.4. The highest BCUT2D eigenvalue weighted by Crippen LogP contribution is 2.12. The molecule has 14 heavy (non-hydrogen) atoms. The van der Waals surface area contributed by atoms with Crippen LogP contribution in [0.1, 0.15) is 12.5 Å². The Morgan fingerprint density at radius 3 is 2.50 bits per heavy atom. The fourth-order valence-electron chi connectivity index (χ4n) is 1.14. The third-order valence-electron chi connectivity index (χ3n) is 2.17. The van der Waals surface area contributed by atoms with Crippen molar-refractivity contribution < 1.29 is 4.74 Å². The highest BCUT2D eigenvalue weighted by molar-refractivity contribution is 5.28. The molecule has 1 rings (SSSR count). The van der Waals surface area contributed by atoms with Crippen LogP contribution in [0.2, 0.25) is 0 Å². The Kier molecular flexibility index (Phi) is 4.20. The normalized spacial score (nSPS) is 11.5. The van der Waals surface area contributed by atoms with Crippen molar-refractivity contribution in [3.8, 4) is 5.75 Å². The molecule has 0 bridgehead atoms. The molecule has 0 saturated carbocycles. The van der Waals surface area contributed by atoms with E-state index in [1.54, 1.807) is 7.11 Å². The lowest BCUT2D eigenvalue weighted by molar-refractivity contribution is 0.414. The Bertz CT molecular complexity index is 301. The molecule has 2 heteroatoms. The molecular weight excluding hydrogens is 174 g/mol. The fraction of sp³-hybridized carbons (Fsp3) is 0.333. The van der Waals surface area contributed by atoms with Gasteiger partial charge >= 0.3 is 0 Å². The van der Waals surface area contributed by atoms with E-state index in [4.69, 9.17) is 10.5 Å². The van der Waals surface area contributed by atoms with E-state index >= 15 is 0 Å². The van der Waals surface area contributed by atoms with Crippen LogP contribution in [0.3, 0.4) is 0 Å². The third-order valence-corrected chi connectivity index (χ3v) is 2.17. The molecule has 0 aliphatic carbocycles. The van der Waals surface area contributed by atoms with Gasteiger partial charge in [0.15, 0.2) is 0 Å². The van der Waals surface area contributed by atoms with E-state index in [0.717, 1.165) is 12.2 Å². The molecule has 0 spiro atoms. The second kappa shape index (κ2) is 5.45. The van der Waals surface area contributed by atoms with Gasteiger partial charge < -0.3 is 10.5 Å². The molecule has 2 N–H and O–H groups in total. The fourth-order valence-corrected chi connectivity index (χ4v) is 1.14. The summed E-state index contributed by atoms with van der Waals surface area (Å²) in [5.74, 6) is 0.897. The Morgan fingerprint density at radius 2 is 2.00 bits per heavy atom. The SMILES string of the molecule is COc1ccc(CC=C(C)CN)cc1. The number of allylic oxidation sites excluding steroid dienone is 1. The summed E-state index contributed by atoms with van der Waals surface area (Å²) < 4.78 is 5.08. The average Bonchev–Trinajstić information content (AvgIpc) is 2.26. The van der Waals surface area contributed by atoms with Crippen LogP contribution in [-0.4, -0.2) is 13.7 Å². The smallest absolute Gasteiger partial charge is 0.118 e. The highest BCUT2D eigenvalue weighted by atomic mass is 16.5. The Hall–Kier alpha value is -1.28. The summed E-state index contributed by atoms with van der Waals surface area (Å²) in [6.07, 6.45) is 3.09.